The van der Waals surface area contributed by atoms with Crippen LogP contribution in [0.15, 0.2) is 17.3 Å². The molecule has 5 nitrogen and oxygen atoms in total. The lowest BCUT2D eigenvalue weighted by Gasteiger charge is -2.08. The van der Waals surface area contributed by atoms with Crippen molar-refractivity contribution in [3.05, 3.63) is 39.8 Å². The van der Waals surface area contributed by atoms with Crippen LogP contribution in [0.4, 0.5) is 14.6 Å². The summed E-state index contributed by atoms with van der Waals surface area (Å²) in [4.78, 5) is 14.1. The van der Waals surface area contributed by atoms with Gasteiger partial charge in [-0.25, -0.2) is 13.8 Å². The first-order chi connectivity index (χ1) is 12.4. The van der Waals surface area contributed by atoms with E-state index in [9.17, 15) is 8.78 Å². The fourth-order valence-corrected chi connectivity index (χ4v) is 5.01. The third-order valence-corrected chi connectivity index (χ3v) is 5.98. The number of nitrogens with two attached hydrogens (primary N) is 1. The zero-order valence-corrected chi connectivity index (χ0v) is 16.4. The lowest BCUT2D eigenvalue weighted by atomic mass is 10.2. The van der Waals surface area contributed by atoms with Crippen LogP contribution in [0, 0.1) is 11.6 Å². The van der Waals surface area contributed by atoms with Crippen molar-refractivity contribution >= 4 is 50.7 Å². The number of rotatable bonds is 6. The number of thioether (sulfide) groups is 1. The maximum Gasteiger partial charge on any atom is 0.225 e. The van der Waals surface area contributed by atoms with E-state index >= 15 is 0 Å². The highest BCUT2D eigenvalue weighted by atomic mass is 35.5. The number of nitrogens with one attached hydrogen (secondary N) is 1. The summed E-state index contributed by atoms with van der Waals surface area (Å²) >= 11 is 9.13. The summed E-state index contributed by atoms with van der Waals surface area (Å²) in [6.45, 7) is 1.85. The zero-order chi connectivity index (χ0) is 18.8. The monoisotopic (exact) mass is 415 g/mol. The van der Waals surface area contributed by atoms with E-state index in [4.69, 9.17) is 17.3 Å². The Balaban J connectivity index is 2.01. The van der Waals surface area contributed by atoms with Gasteiger partial charge in [-0.15, -0.1) is 23.1 Å². The Morgan fingerprint density at radius 3 is 2.62 bits per heavy atom. The Bertz CT molecular complexity index is 928. The van der Waals surface area contributed by atoms with Crippen molar-refractivity contribution in [2.75, 3.05) is 11.6 Å². The second-order valence-corrected chi connectivity index (χ2v) is 7.95. The number of halogens is 3. The number of hydrogen-bond donors (Lipinski definition) is 2. The number of pyridine rings is 1. The average Bonchev–Trinajstić information content (AvgIpc) is 2.90. The van der Waals surface area contributed by atoms with Crippen LogP contribution in [0.3, 0.4) is 0 Å². The number of nitrogens with zero attached hydrogens (tertiary/aromatic N) is 3. The first-order valence-electron chi connectivity index (χ1n) is 7.71. The molecule has 10 heteroatoms. The number of anilines is 1. The topological polar surface area (TPSA) is 76.7 Å². The quantitative estimate of drug-likeness (QED) is 0.463. The highest BCUT2D eigenvalue weighted by molar-refractivity contribution is 7.99. The lowest BCUT2D eigenvalue weighted by molar-refractivity contribution is 0.550. The smallest absolute Gasteiger partial charge is 0.225 e. The van der Waals surface area contributed by atoms with E-state index < -0.39 is 11.6 Å². The predicted octanol–water partition coefficient (Wildman–Crippen LogP) is 4.24. The van der Waals surface area contributed by atoms with Crippen LogP contribution in [-0.2, 0) is 13.0 Å². The molecule has 1 atom stereocenters. The molecular weight excluding hydrogens is 400 g/mol. The van der Waals surface area contributed by atoms with Gasteiger partial charge in [-0.2, -0.15) is 4.98 Å². The molecule has 0 amide bonds. The molecule has 0 spiro atoms. The third kappa shape index (κ3) is 3.90. The van der Waals surface area contributed by atoms with Gasteiger partial charge in [0.2, 0.25) is 5.28 Å². The number of fused-ring (bicyclic) bond motifs is 1. The van der Waals surface area contributed by atoms with Gasteiger partial charge in [-0.1, -0.05) is 0 Å². The molecular formula is C16H16ClF2N5S2. The first kappa shape index (κ1) is 19.2. The summed E-state index contributed by atoms with van der Waals surface area (Å²) in [5.41, 5.74) is 6.54. The van der Waals surface area contributed by atoms with Gasteiger partial charge >= 0.3 is 0 Å². The third-order valence-electron chi connectivity index (χ3n) is 3.63. The second kappa shape index (κ2) is 7.99. The van der Waals surface area contributed by atoms with Crippen molar-refractivity contribution in [2.45, 2.75) is 30.8 Å². The molecule has 0 bridgehead atoms. The van der Waals surface area contributed by atoms with E-state index in [1.54, 1.807) is 11.8 Å². The lowest BCUT2D eigenvalue weighted by Crippen LogP contribution is -2.17. The van der Waals surface area contributed by atoms with Crippen LogP contribution in [-0.4, -0.2) is 27.2 Å². The van der Waals surface area contributed by atoms with Crippen molar-refractivity contribution in [3.63, 3.8) is 0 Å². The van der Waals surface area contributed by atoms with E-state index in [1.807, 2.05) is 13.2 Å². The molecule has 0 aliphatic carbocycles. The predicted molar refractivity (Wildman–Crippen MR) is 103 cm³/mol. The van der Waals surface area contributed by atoms with Crippen LogP contribution in [0.25, 0.3) is 10.2 Å². The zero-order valence-electron chi connectivity index (χ0n) is 14.0. The molecule has 3 aromatic heterocycles. The molecule has 26 heavy (non-hydrogen) atoms. The minimum absolute atomic E-state index is 0.00573. The molecule has 138 valence electrons. The SMILES string of the molecule is CSc1c(C[C@H](C)N)sc2c(NCc3c(F)cncc3F)nc(Cl)nc12. The fraction of sp³-hybridized carbons (Fsp3) is 0.312. The standard InChI is InChI=1S/C16H16ClF2N5S2/c1-7(20)3-11-13(25-2)12-14(26-11)15(24-16(17)23-12)22-4-8-9(18)5-21-6-10(8)19/h5-7H,3-4,20H2,1-2H3,(H,22,23,24)/t7-/m0/s1. The summed E-state index contributed by atoms with van der Waals surface area (Å²) in [6, 6.07) is -0.00573. The van der Waals surface area contributed by atoms with Gasteiger partial charge in [0, 0.05) is 27.9 Å². The van der Waals surface area contributed by atoms with Gasteiger partial charge in [-0.3, -0.25) is 4.98 Å². The van der Waals surface area contributed by atoms with Gasteiger partial charge in [0.25, 0.3) is 0 Å². The molecule has 0 radical (unpaired) electrons. The molecule has 3 N–H and O–H groups in total. The molecule has 0 aliphatic heterocycles. The molecule has 0 unspecified atom stereocenters. The van der Waals surface area contributed by atoms with Crippen molar-refractivity contribution in [1.29, 1.82) is 0 Å². The summed E-state index contributed by atoms with van der Waals surface area (Å²) in [7, 11) is 0. The van der Waals surface area contributed by atoms with Crippen LogP contribution >= 0.6 is 34.7 Å². The molecule has 0 saturated heterocycles. The minimum Gasteiger partial charge on any atom is -0.364 e. The van der Waals surface area contributed by atoms with Gasteiger partial charge in [0.1, 0.15) is 23.0 Å². The maximum atomic E-state index is 13.8. The largest absolute Gasteiger partial charge is 0.364 e. The van der Waals surface area contributed by atoms with Crippen LogP contribution < -0.4 is 11.1 Å². The second-order valence-electron chi connectivity index (χ2n) is 5.69. The first-order valence-corrected chi connectivity index (χ1v) is 10.1. The summed E-state index contributed by atoms with van der Waals surface area (Å²) in [5.74, 6) is -1.00. The molecule has 0 aromatic carbocycles. The Morgan fingerprint density at radius 2 is 2.00 bits per heavy atom. The molecule has 0 aliphatic rings. The summed E-state index contributed by atoms with van der Waals surface area (Å²) in [6.07, 6.45) is 4.60. The molecule has 0 saturated carbocycles. The van der Waals surface area contributed by atoms with E-state index in [2.05, 4.69) is 20.3 Å². The minimum atomic E-state index is -0.720. The fourth-order valence-electron chi connectivity index (χ4n) is 2.51. The molecule has 3 heterocycles. The summed E-state index contributed by atoms with van der Waals surface area (Å²) < 4.78 is 28.4. The van der Waals surface area contributed by atoms with Crippen molar-refractivity contribution in [1.82, 2.24) is 15.0 Å². The summed E-state index contributed by atoms with van der Waals surface area (Å²) in [5, 5.41) is 3.04. The number of thiophene rings is 1. The van der Waals surface area contributed by atoms with Gasteiger partial charge < -0.3 is 11.1 Å². The van der Waals surface area contributed by atoms with E-state index in [0.717, 1.165) is 32.4 Å². The number of hydrogen-bond acceptors (Lipinski definition) is 7. The highest BCUT2D eigenvalue weighted by Crippen LogP contribution is 2.40. The Kier molecular flexibility index (Phi) is 5.91. The van der Waals surface area contributed by atoms with Crippen LogP contribution in [0.5, 0.6) is 0 Å². The van der Waals surface area contributed by atoms with E-state index in [-0.39, 0.29) is 23.4 Å². The molecule has 0 fully saturated rings. The Labute approximate surface area is 162 Å². The average molecular weight is 416 g/mol. The maximum absolute atomic E-state index is 13.8. The van der Waals surface area contributed by atoms with Crippen molar-refractivity contribution < 1.29 is 8.78 Å². The normalized spacial score (nSPS) is 12.5. The molecule has 3 rings (SSSR count). The highest BCUT2D eigenvalue weighted by Gasteiger charge is 2.19. The van der Waals surface area contributed by atoms with Crippen molar-refractivity contribution in [3.8, 4) is 0 Å². The number of aromatic nitrogens is 3. The Morgan fingerprint density at radius 1 is 1.31 bits per heavy atom. The van der Waals surface area contributed by atoms with Crippen LogP contribution in [0.1, 0.15) is 17.4 Å². The van der Waals surface area contributed by atoms with Gasteiger partial charge in [0.15, 0.2) is 0 Å². The van der Waals surface area contributed by atoms with E-state index in [0.29, 0.717) is 12.2 Å². The van der Waals surface area contributed by atoms with Gasteiger partial charge in [0.05, 0.1) is 17.1 Å². The van der Waals surface area contributed by atoms with Crippen LogP contribution in [0.2, 0.25) is 5.28 Å². The van der Waals surface area contributed by atoms with E-state index in [1.165, 1.54) is 11.3 Å². The van der Waals surface area contributed by atoms with Crippen molar-refractivity contribution in [2.24, 2.45) is 5.73 Å². The molecule has 3 aromatic rings. The van der Waals surface area contributed by atoms with Gasteiger partial charge in [-0.05, 0) is 31.2 Å². The Hall–Kier alpha value is -1.55.